The maximum absolute atomic E-state index is 5.15. The summed E-state index contributed by atoms with van der Waals surface area (Å²) in [5.41, 5.74) is 0.992. The van der Waals surface area contributed by atoms with E-state index in [0.29, 0.717) is 11.7 Å². The van der Waals surface area contributed by atoms with Gasteiger partial charge in [0, 0.05) is 15.1 Å². The summed E-state index contributed by atoms with van der Waals surface area (Å²) in [6, 6.07) is 8.05. The second kappa shape index (κ2) is 4.30. The van der Waals surface area contributed by atoms with Crippen LogP contribution in [0.4, 0.5) is 0 Å². The van der Waals surface area contributed by atoms with Crippen molar-refractivity contribution in [3.63, 3.8) is 0 Å². The van der Waals surface area contributed by atoms with Crippen LogP contribution < -0.4 is 0 Å². The standard InChI is InChI=1S/C11H11IN2O/c1-7(2)11-13-10(14-15-11)8-3-5-9(12)6-4-8/h3-7H,1-2H3. The number of rotatable bonds is 2. The number of benzene rings is 1. The zero-order valence-electron chi connectivity index (χ0n) is 8.57. The molecule has 0 bridgehead atoms. The quantitative estimate of drug-likeness (QED) is 0.797. The molecule has 1 aromatic heterocycles. The van der Waals surface area contributed by atoms with Crippen molar-refractivity contribution in [2.75, 3.05) is 0 Å². The SMILES string of the molecule is CC(C)c1nc(-c2ccc(I)cc2)no1. The first-order chi connectivity index (χ1) is 7.16. The second-order valence-corrected chi connectivity index (χ2v) is 4.86. The molecule has 15 heavy (non-hydrogen) atoms. The summed E-state index contributed by atoms with van der Waals surface area (Å²) in [5.74, 6) is 1.62. The molecule has 2 rings (SSSR count). The predicted molar refractivity (Wildman–Crippen MR) is 66.5 cm³/mol. The van der Waals surface area contributed by atoms with Crippen molar-refractivity contribution in [1.82, 2.24) is 10.1 Å². The number of halogens is 1. The molecule has 1 aromatic carbocycles. The summed E-state index contributed by atoms with van der Waals surface area (Å²) >= 11 is 2.27. The Balaban J connectivity index is 2.33. The molecule has 0 N–H and O–H groups in total. The van der Waals surface area contributed by atoms with Gasteiger partial charge in [-0.1, -0.05) is 31.1 Å². The number of hydrogen-bond donors (Lipinski definition) is 0. The molecule has 0 unspecified atom stereocenters. The van der Waals surface area contributed by atoms with E-state index in [2.05, 4.69) is 32.7 Å². The number of nitrogens with zero attached hydrogens (tertiary/aromatic N) is 2. The Labute approximate surface area is 102 Å². The minimum absolute atomic E-state index is 0.273. The molecular weight excluding hydrogens is 303 g/mol. The Morgan fingerprint density at radius 1 is 1.20 bits per heavy atom. The molecule has 0 fully saturated rings. The highest BCUT2D eigenvalue weighted by atomic mass is 127. The van der Waals surface area contributed by atoms with E-state index >= 15 is 0 Å². The molecule has 2 aromatic rings. The minimum atomic E-state index is 0.273. The van der Waals surface area contributed by atoms with Crippen LogP contribution in [-0.4, -0.2) is 10.1 Å². The van der Waals surface area contributed by atoms with Gasteiger partial charge in [0.05, 0.1) is 0 Å². The molecule has 1 heterocycles. The van der Waals surface area contributed by atoms with E-state index in [9.17, 15) is 0 Å². The van der Waals surface area contributed by atoms with Crippen LogP contribution in [0.1, 0.15) is 25.7 Å². The van der Waals surface area contributed by atoms with E-state index in [-0.39, 0.29) is 5.92 Å². The lowest BCUT2D eigenvalue weighted by molar-refractivity contribution is 0.365. The van der Waals surface area contributed by atoms with Gasteiger partial charge in [-0.2, -0.15) is 4.98 Å². The van der Waals surface area contributed by atoms with E-state index in [0.717, 1.165) is 5.56 Å². The van der Waals surface area contributed by atoms with Crippen molar-refractivity contribution < 1.29 is 4.52 Å². The lowest BCUT2D eigenvalue weighted by atomic mass is 10.2. The van der Waals surface area contributed by atoms with Gasteiger partial charge in [-0.05, 0) is 34.7 Å². The molecule has 0 aliphatic heterocycles. The molecule has 4 heteroatoms. The largest absolute Gasteiger partial charge is 0.339 e. The highest BCUT2D eigenvalue weighted by molar-refractivity contribution is 14.1. The maximum Gasteiger partial charge on any atom is 0.229 e. The smallest absolute Gasteiger partial charge is 0.229 e. The van der Waals surface area contributed by atoms with E-state index in [1.165, 1.54) is 3.57 Å². The zero-order chi connectivity index (χ0) is 10.8. The van der Waals surface area contributed by atoms with Crippen molar-refractivity contribution >= 4 is 22.6 Å². The minimum Gasteiger partial charge on any atom is -0.339 e. The van der Waals surface area contributed by atoms with Gasteiger partial charge in [0.1, 0.15) is 0 Å². The first kappa shape index (κ1) is 10.6. The molecule has 0 aliphatic rings. The second-order valence-electron chi connectivity index (χ2n) is 3.62. The van der Waals surface area contributed by atoms with Crippen molar-refractivity contribution in [2.24, 2.45) is 0 Å². The van der Waals surface area contributed by atoms with Gasteiger partial charge in [0.25, 0.3) is 0 Å². The van der Waals surface area contributed by atoms with Crippen molar-refractivity contribution in [3.8, 4) is 11.4 Å². The monoisotopic (exact) mass is 314 g/mol. The van der Waals surface area contributed by atoms with Gasteiger partial charge in [-0.3, -0.25) is 0 Å². The lowest BCUT2D eigenvalue weighted by Gasteiger charge is -1.94. The molecule has 3 nitrogen and oxygen atoms in total. The van der Waals surface area contributed by atoms with Crippen LogP contribution in [0.2, 0.25) is 0 Å². The van der Waals surface area contributed by atoms with Gasteiger partial charge in [-0.25, -0.2) is 0 Å². The highest BCUT2D eigenvalue weighted by Gasteiger charge is 2.10. The van der Waals surface area contributed by atoms with E-state index < -0.39 is 0 Å². The summed E-state index contributed by atoms with van der Waals surface area (Å²) in [6.45, 7) is 4.07. The van der Waals surface area contributed by atoms with E-state index in [4.69, 9.17) is 4.52 Å². The van der Waals surface area contributed by atoms with Gasteiger partial charge in [0.15, 0.2) is 0 Å². The van der Waals surface area contributed by atoms with Crippen LogP contribution in [0, 0.1) is 3.57 Å². The molecule has 78 valence electrons. The normalized spacial score (nSPS) is 10.9. The third-order valence-corrected chi connectivity index (χ3v) is 2.76. The molecule has 0 amide bonds. The first-order valence-corrected chi connectivity index (χ1v) is 5.84. The zero-order valence-corrected chi connectivity index (χ0v) is 10.7. The molecule has 0 radical (unpaired) electrons. The first-order valence-electron chi connectivity index (χ1n) is 4.76. The van der Waals surface area contributed by atoms with Crippen LogP contribution in [-0.2, 0) is 0 Å². The number of aromatic nitrogens is 2. The molecule has 0 atom stereocenters. The molecular formula is C11H11IN2O. The lowest BCUT2D eigenvalue weighted by Crippen LogP contribution is -1.86. The summed E-state index contributed by atoms with van der Waals surface area (Å²) in [6.07, 6.45) is 0. The van der Waals surface area contributed by atoms with Crippen LogP contribution in [0.5, 0.6) is 0 Å². The average Bonchev–Trinajstić information content (AvgIpc) is 2.68. The van der Waals surface area contributed by atoms with Gasteiger partial charge in [0.2, 0.25) is 11.7 Å². The van der Waals surface area contributed by atoms with Crippen LogP contribution in [0.3, 0.4) is 0 Å². The average molecular weight is 314 g/mol. The highest BCUT2D eigenvalue weighted by Crippen LogP contribution is 2.20. The van der Waals surface area contributed by atoms with Crippen molar-refractivity contribution in [3.05, 3.63) is 33.7 Å². The molecule has 0 saturated carbocycles. The van der Waals surface area contributed by atoms with Gasteiger partial charge >= 0.3 is 0 Å². The molecule has 0 spiro atoms. The fraction of sp³-hybridized carbons (Fsp3) is 0.273. The Morgan fingerprint density at radius 2 is 1.87 bits per heavy atom. The molecule has 0 aliphatic carbocycles. The fourth-order valence-corrected chi connectivity index (χ4v) is 1.55. The Hall–Kier alpha value is -0.910. The van der Waals surface area contributed by atoms with Gasteiger partial charge < -0.3 is 4.52 Å². The summed E-state index contributed by atoms with van der Waals surface area (Å²) in [4.78, 5) is 4.33. The summed E-state index contributed by atoms with van der Waals surface area (Å²) in [7, 11) is 0. The third kappa shape index (κ3) is 2.37. The Bertz CT molecular complexity index is 448. The third-order valence-electron chi connectivity index (χ3n) is 2.04. The topological polar surface area (TPSA) is 38.9 Å². The van der Waals surface area contributed by atoms with Crippen LogP contribution in [0.15, 0.2) is 28.8 Å². The maximum atomic E-state index is 5.15. The molecule has 0 saturated heterocycles. The number of hydrogen-bond acceptors (Lipinski definition) is 3. The van der Waals surface area contributed by atoms with Gasteiger partial charge in [-0.15, -0.1) is 0 Å². The Morgan fingerprint density at radius 3 is 2.40 bits per heavy atom. The summed E-state index contributed by atoms with van der Waals surface area (Å²) < 4.78 is 6.35. The Kier molecular flexibility index (Phi) is 3.04. The van der Waals surface area contributed by atoms with E-state index in [1.807, 2.05) is 38.1 Å². The fourth-order valence-electron chi connectivity index (χ4n) is 1.19. The van der Waals surface area contributed by atoms with Crippen LogP contribution >= 0.6 is 22.6 Å². The van der Waals surface area contributed by atoms with E-state index in [1.54, 1.807) is 0 Å². The summed E-state index contributed by atoms with van der Waals surface area (Å²) in [5, 5.41) is 3.95. The van der Waals surface area contributed by atoms with Crippen molar-refractivity contribution in [1.29, 1.82) is 0 Å². The van der Waals surface area contributed by atoms with Crippen molar-refractivity contribution in [2.45, 2.75) is 19.8 Å². The van der Waals surface area contributed by atoms with Crippen LogP contribution in [0.25, 0.3) is 11.4 Å². The predicted octanol–water partition coefficient (Wildman–Crippen LogP) is 3.46.